The summed E-state index contributed by atoms with van der Waals surface area (Å²) in [5, 5.41) is 5.71. The van der Waals surface area contributed by atoms with E-state index < -0.39 is 5.82 Å². The number of nitrogens with zero attached hydrogens (tertiary/aromatic N) is 2. The number of carbonyl (C=O) groups excluding carboxylic acids is 3. The predicted molar refractivity (Wildman–Crippen MR) is 131 cm³/mol. The molecule has 0 aliphatic carbocycles. The molecule has 0 spiro atoms. The molecule has 0 aromatic heterocycles. The SMILES string of the molecule is CC(=O)NCC(=O)NC(CCN1CC2CN(C(=O)c3c(F)cccc3Cl)CC2C1)c1ccccc1. The van der Waals surface area contributed by atoms with Gasteiger partial charge in [0.05, 0.1) is 23.2 Å². The highest BCUT2D eigenvalue weighted by molar-refractivity contribution is 6.33. The van der Waals surface area contributed by atoms with Crippen molar-refractivity contribution < 1.29 is 18.8 Å². The first-order valence-corrected chi connectivity index (χ1v) is 12.2. The fraction of sp³-hybridized carbons (Fsp3) is 0.423. The summed E-state index contributed by atoms with van der Waals surface area (Å²) in [6.07, 6.45) is 0.725. The van der Waals surface area contributed by atoms with Crippen LogP contribution in [0, 0.1) is 17.7 Å². The molecule has 3 atom stereocenters. The molecule has 2 saturated heterocycles. The maximum Gasteiger partial charge on any atom is 0.258 e. The monoisotopic (exact) mass is 500 g/mol. The van der Waals surface area contributed by atoms with Crippen LogP contribution in [0.25, 0.3) is 0 Å². The number of carbonyl (C=O) groups is 3. The molecule has 0 saturated carbocycles. The minimum absolute atomic E-state index is 0.0493. The van der Waals surface area contributed by atoms with Gasteiger partial charge >= 0.3 is 0 Å². The number of benzene rings is 2. The van der Waals surface area contributed by atoms with Crippen LogP contribution in [-0.4, -0.2) is 66.8 Å². The highest BCUT2D eigenvalue weighted by Gasteiger charge is 2.42. The first kappa shape index (κ1) is 25.1. The van der Waals surface area contributed by atoms with Crippen molar-refractivity contribution in [2.75, 3.05) is 39.3 Å². The second kappa shape index (κ2) is 11.2. The van der Waals surface area contributed by atoms with Gasteiger partial charge in [-0.05, 0) is 36.0 Å². The van der Waals surface area contributed by atoms with Gasteiger partial charge in [0.2, 0.25) is 11.8 Å². The lowest BCUT2D eigenvalue weighted by molar-refractivity contribution is -0.125. The van der Waals surface area contributed by atoms with Crippen LogP contribution in [-0.2, 0) is 9.59 Å². The van der Waals surface area contributed by atoms with Crippen molar-refractivity contribution in [3.8, 4) is 0 Å². The predicted octanol–water partition coefficient (Wildman–Crippen LogP) is 2.87. The molecule has 3 amide bonds. The second-order valence-corrected chi connectivity index (χ2v) is 9.72. The minimum atomic E-state index is -0.589. The Morgan fingerprint density at radius 3 is 2.34 bits per heavy atom. The van der Waals surface area contributed by atoms with Crippen LogP contribution >= 0.6 is 11.6 Å². The molecule has 35 heavy (non-hydrogen) atoms. The zero-order chi connectivity index (χ0) is 24.9. The van der Waals surface area contributed by atoms with E-state index in [0.29, 0.717) is 24.9 Å². The Labute approximate surface area is 209 Å². The highest BCUT2D eigenvalue weighted by Crippen LogP contribution is 2.33. The molecule has 0 radical (unpaired) electrons. The molecule has 2 fully saturated rings. The van der Waals surface area contributed by atoms with Crippen molar-refractivity contribution >= 4 is 29.3 Å². The van der Waals surface area contributed by atoms with E-state index in [9.17, 15) is 18.8 Å². The van der Waals surface area contributed by atoms with Crippen molar-refractivity contribution in [1.29, 1.82) is 0 Å². The van der Waals surface area contributed by atoms with Crippen LogP contribution in [0.15, 0.2) is 48.5 Å². The van der Waals surface area contributed by atoms with Crippen molar-refractivity contribution in [3.63, 3.8) is 0 Å². The molecular formula is C26H30ClFN4O3. The normalized spacial score (nSPS) is 20.4. The van der Waals surface area contributed by atoms with Gasteiger partial charge in [-0.2, -0.15) is 0 Å². The lowest BCUT2D eigenvalue weighted by Crippen LogP contribution is -2.39. The number of amides is 3. The molecule has 2 aliphatic rings. The van der Waals surface area contributed by atoms with Crippen molar-refractivity contribution in [2.45, 2.75) is 19.4 Å². The summed E-state index contributed by atoms with van der Waals surface area (Å²) in [5.74, 6) is -0.755. The first-order valence-electron chi connectivity index (χ1n) is 11.9. The third kappa shape index (κ3) is 6.18. The highest BCUT2D eigenvalue weighted by atomic mass is 35.5. The zero-order valence-corrected chi connectivity index (χ0v) is 20.4. The third-order valence-electron chi connectivity index (χ3n) is 6.79. The Morgan fingerprint density at radius 1 is 1.03 bits per heavy atom. The van der Waals surface area contributed by atoms with Crippen LogP contribution in [0.3, 0.4) is 0 Å². The summed E-state index contributed by atoms with van der Waals surface area (Å²) in [4.78, 5) is 40.4. The van der Waals surface area contributed by atoms with Gasteiger partial charge in [0.15, 0.2) is 0 Å². The summed E-state index contributed by atoms with van der Waals surface area (Å²) >= 11 is 6.09. The van der Waals surface area contributed by atoms with E-state index in [4.69, 9.17) is 11.6 Å². The molecule has 3 unspecified atom stereocenters. The number of hydrogen-bond donors (Lipinski definition) is 2. The Bertz CT molecular complexity index is 1050. The Balaban J connectivity index is 1.32. The average Bonchev–Trinajstić information content (AvgIpc) is 3.40. The Kier molecular flexibility index (Phi) is 8.03. The molecule has 4 rings (SSSR count). The zero-order valence-electron chi connectivity index (χ0n) is 19.7. The maximum atomic E-state index is 14.2. The summed E-state index contributed by atoms with van der Waals surface area (Å²) in [6, 6.07) is 13.9. The third-order valence-corrected chi connectivity index (χ3v) is 7.11. The summed E-state index contributed by atoms with van der Waals surface area (Å²) in [7, 11) is 0. The maximum absolute atomic E-state index is 14.2. The van der Waals surface area contributed by atoms with Crippen LogP contribution in [0.1, 0.15) is 35.3 Å². The first-order chi connectivity index (χ1) is 16.8. The van der Waals surface area contributed by atoms with Crippen LogP contribution in [0.4, 0.5) is 4.39 Å². The molecular weight excluding hydrogens is 471 g/mol. The van der Waals surface area contributed by atoms with Gasteiger partial charge in [-0.1, -0.05) is 48.0 Å². The molecule has 2 aromatic rings. The molecule has 2 aromatic carbocycles. The standard InChI is InChI=1S/C26H30ClFN4O3/c1-17(33)29-12-24(34)30-23(18-6-3-2-4-7-18)10-11-31-13-19-15-32(16-20(19)14-31)26(35)25-21(27)8-5-9-22(25)28/h2-9,19-20,23H,10-16H2,1H3,(H,29,33)(H,30,34). The molecule has 186 valence electrons. The largest absolute Gasteiger partial charge is 0.348 e. The lowest BCUT2D eigenvalue weighted by atomic mass is 10.0. The summed E-state index contributed by atoms with van der Waals surface area (Å²) < 4.78 is 14.2. The van der Waals surface area contributed by atoms with Crippen molar-refractivity contribution in [2.24, 2.45) is 11.8 Å². The number of likely N-dealkylation sites (tertiary alicyclic amines) is 2. The van der Waals surface area contributed by atoms with E-state index >= 15 is 0 Å². The molecule has 7 nitrogen and oxygen atoms in total. The minimum Gasteiger partial charge on any atom is -0.348 e. The van der Waals surface area contributed by atoms with E-state index in [1.165, 1.54) is 25.1 Å². The Morgan fingerprint density at radius 2 is 1.71 bits per heavy atom. The van der Waals surface area contributed by atoms with Gasteiger partial charge in [0, 0.05) is 39.6 Å². The van der Waals surface area contributed by atoms with Crippen molar-refractivity contribution in [1.82, 2.24) is 20.4 Å². The number of nitrogens with one attached hydrogen (secondary N) is 2. The molecule has 2 N–H and O–H groups in total. The van der Waals surface area contributed by atoms with E-state index in [-0.39, 0.29) is 40.9 Å². The van der Waals surface area contributed by atoms with Crippen LogP contribution in [0.2, 0.25) is 5.02 Å². The summed E-state index contributed by atoms with van der Waals surface area (Å²) in [6.45, 7) is 4.98. The summed E-state index contributed by atoms with van der Waals surface area (Å²) in [5.41, 5.74) is 0.966. The van der Waals surface area contributed by atoms with Crippen molar-refractivity contribution in [3.05, 3.63) is 70.5 Å². The molecule has 2 heterocycles. The van der Waals surface area contributed by atoms with Gasteiger partial charge in [-0.25, -0.2) is 4.39 Å². The van der Waals surface area contributed by atoms with Gasteiger partial charge in [0.1, 0.15) is 5.82 Å². The van der Waals surface area contributed by atoms with E-state index in [2.05, 4.69) is 15.5 Å². The lowest BCUT2D eigenvalue weighted by Gasteiger charge is -2.25. The Hall–Kier alpha value is -2.97. The molecule has 9 heteroatoms. The van der Waals surface area contributed by atoms with E-state index in [0.717, 1.165) is 31.6 Å². The average molecular weight is 501 g/mol. The topological polar surface area (TPSA) is 81.8 Å². The van der Waals surface area contributed by atoms with Gasteiger partial charge in [-0.15, -0.1) is 0 Å². The quantitative estimate of drug-likeness (QED) is 0.584. The van der Waals surface area contributed by atoms with Gasteiger partial charge in [-0.3, -0.25) is 14.4 Å². The molecule has 0 bridgehead atoms. The fourth-order valence-corrected chi connectivity index (χ4v) is 5.31. The van der Waals surface area contributed by atoms with E-state index in [1.54, 1.807) is 4.90 Å². The smallest absolute Gasteiger partial charge is 0.258 e. The van der Waals surface area contributed by atoms with Gasteiger partial charge in [0.25, 0.3) is 5.91 Å². The number of hydrogen-bond acceptors (Lipinski definition) is 4. The number of halogens is 2. The number of fused-ring (bicyclic) bond motifs is 1. The fourth-order valence-electron chi connectivity index (χ4n) is 5.07. The van der Waals surface area contributed by atoms with Crippen LogP contribution in [0.5, 0.6) is 0 Å². The van der Waals surface area contributed by atoms with E-state index in [1.807, 2.05) is 30.3 Å². The van der Waals surface area contributed by atoms with Crippen LogP contribution < -0.4 is 10.6 Å². The molecule has 2 aliphatic heterocycles. The number of rotatable bonds is 8. The van der Waals surface area contributed by atoms with Gasteiger partial charge < -0.3 is 20.4 Å². The second-order valence-electron chi connectivity index (χ2n) is 9.32.